The Hall–Kier alpha value is -2.27. The summed E-state index contributed by atoms with van der Waals surface area (Å²) >= 11 is 6.14. The van der Waals surface area contributed by atoms with Crippen molar-refractivity contribution in [3.63, 3.8) is 0 Å². The van der Waals surface area contributed by atoms with Gasteiger partial charge in [0.05, 0.1) is 7.11 Å². The van der Waals surface area contributed by atoms with E-state index in [4.69, 9.17) is 16.3 Å². The third kappa shape index (κ3) is 2.20. The molecule has 0 atom stereocenters. The first kappa shape index (κ1) is 11.8. The lowest BCUT2D eigenvalue weighted by atomic mass is 10.3. The quantitative estimate of drug-likeness (QED) is 0.746. The molecular weight excluding hydrogens is 264 g/mol. The van der Waals surface area contributed by atoms with E-state index in [0.717, 1.165) is 11.4 Å². The molecule has 2 aromatic heterocycles. The van der Waals surface area contributed by atoms with Gasteiger partial charge < -0.3 is 10.1 Å². The number of ether oxygens (including phenoxy) is 1. The van der Waals surface area contributed by atoms with Gasteiger partial charge in [-0.25, -0.2) is 0 Å². The van der Waals surface area contributed by atoms with Gasteiger partial charge >= 0.3 is 0 Å². The number of halogens is 1. The van der Waals surface area contributed by atoms with E-state index >= 15 is 0 Å². The van der Waals surface area contributed by atoms with E-state index in [1.54, 1.807) is 17.6 Å². The van der Waals surface area contributed by atoms with Gasteiger partial charge in [0.25, 0.3) is 0 Å². The first-order chi connectivity index (χ1) is 9.28. The van der Waals surface area contributed by atoms with Crippen LogP contribution in [0.1, 0.15) is 0 Å². The molecule has 3 rings (SSSR count). The van der Waals surface area contributed by atoms with Crippen molar-refractivity contribution in [1.82, 2.24) is 14.6 Å². The predicted octanol–water partition coefficient (Wildman–Crippen LogP) is 3.13. The molecule has 0 radical (unpaired) electrons. The van der Waals surface area contributed by atoms with E-state index in [1.807, 2.05) is 36.4 Å². The molecule has 0 aliphatic rings. The molecule has 0 saturated heterocycles. The maximum atomic E-state index is 6.14. The highest BCUT2D eigenvalue weighted by Gasteiger charge is 2.08. The summed E-state index contributed by atoms with van der Waals surface area (Å²) in [5, 5.41) is 11.9. The zero-order chi connectivity index (χ0) is 13.2. The van der Waals surface area contributed by atoms with Crippen molar-refractivity contribution in [2.45, 2.75) is 0 Å². The summed E-state index contributed by atoms with van der Waals surface area (Å²) in [6.07, 6.45) is 0. The fourth-order valence-electron chi connectivity index (χ4n) is 1.79. The fourth-order valence-corrected chi connectivity index (χ4v) is 2.03. The molecule has 96 valence electrons. The van der Waals surface area contributed by atoms with Crippen molar-refractivity contribution < 1.29 is 4.74 Å². The normalized spacial score (nSPS) is 10.6. The average Bonchev–Trinajstić information content (AvgIpc) is 2.84. The van der Waals surface area contributed by atoms with Gasteiger partial charge in [0.15, 0.2) is 5.65 Å². The first-order valence-corrected chi connectivity index (χ1v) is 6.06. The van der Waals surface area contributed by atoms with Gasteiger partial charge in [-0.15, -0.1) is 10.2 Å². The largest absolute Gasteiger partial charge is 0.497 e. The van der Waals surface area contributed by atoms with Crippen LogP contribution in [-0.4, -0.2) is 21.7 Å². The standard InChI is InChI=1S/C13H11ClN4O/c1-19-10-7-5-9(6-8-10)15-13-17-16-12-4-2-3-11(14)18(12)13/h2-8H,1H3,(H,15,17). The number of rotatable bonds is 3. The molecule has 2 heterocycles. The lowest BCUT2D eigenvalue weighted by Gasteiger charge is -2.06. The number of nitrogens with one attached hydrogen (secondary N) is 1. The average molecular weight is 275 g/mol. The molecule has 0 fully saturated rings. The minimum absolute atomic E-state index is 0.554. The monoisotopic (exact) mass is 274 g/mol. The molecule has 0 amide bonds. The van der Waals surface area contributed by atoms with E-state index in [0.29, 0.717) is 16.7 Å². The Morgan fingerprint density at radius 2 is 1.89 bits per heavy atom. The maximum Gasteiger partial charge on any atom is 0.234 e. The number of hydrogen-bond acceptors (Lipinski definition) is 4. The van der Waals surface area contributed by atoms with Crippen molar-refractivity contribution in [3.05, 3.63) is 47.6 Å². The minimum Gasteiger partial charge on any atom is -0.497 e. The molecule has 5 nitrogen and oxygen atoms in total. The van der Waals surface area contributed by atoms with Gasteiger partial charge in [-0.3, -0.25) is 4.40 Å². The Morgan fingerprint density at radius 3 is 2.63 bits per heavy atom. The van der Waals surface area contributed by atoms with Crippen LogP contribution in [0.3, 0.4) is 0 Å². The van der Waals surface area contributed by atoms with Gasteiger partial charge in [0.1, 0.15) is 10.9 Å². The fraction of sp³-hybridized carbons (Fsp3) is 0.0769. The van der Waals surface area contributed by atoms with Crippen LogP contribution < -0.4 is 10.1 Å². The van der Waals surface area contributed by atoms with Crippen molar-refractivity contribution in [2.24, 2.45) is 0 Å². The molecule has 0 saturated carbocycles. The SMILES string of the molecule is COc1ccc(Nc2nnc3cccc(Cl)n23)cc1. The van der Waals surface area contributed by atoms with Crippen LogP contribution in [0.4, 0.5) is 11.6 Å². The van der Waals surface area contributed by atoms with E-state index in [-0.39, 0.29) is 0 Å². The Labute approximate surface area is 114 Å². The summed E-state index contributed by atoms with van der Waals surface area (Å²) in [6, 6.07) is 13.0. The third-order valence-electron chi connectivity index (χ3n) is 2.73. The lowest BCUT2D eigenvalue weighted by molar-refractivity contribution is 0.415. The zero-order valence-electron chi connectivity index (χ0n) is 10.2. The smallest absolute Gasteiger partial charge is 0.234 e. The first-order valence-electron chi connectivity index (χ1n) is 5.68. The van der Waals surface area contributed by atoms with Crippen molar-refractivity contribution in [1.29, 1.82) is 0 Å². The van der Waals surface area contributed by atoms with Gasteiger partial charge in [0.2, 0.25) is 5.95 Å². The number of aromatic nitrogens is 3. The van der Waals surface area contributed by atoms with Crippen LogP contribution in [-0.2, 0) is 0 Å². The van der Waals surface area contributed by atoms with Crippen LogP contribution >= 0.6 is 11.6 Å². The predicted molar refractivity (Wildman–Crippen MR) is 74.3 cm³/mol. The van der Waals surface area contributed by atoms with Crippen LogP contribution in [0.5, 0.6) is 5.75 Å². The summed E-state index contributed by atoms with van der Waals surface area (Å²) in [6.45, 7) is 0. The highest BCUT2D eigenvalue weighted by molar-refractivity contribution is 6.29. The highest BCUT2D eigenvalue weighted by atomic mass is 35.5. The summed E-state index contributed by atoms with van der Waals surface area (Å²) in [4.78, 5) is 0. The number of pyridine rings is 1. The number of methoxy groups -OCH3 is 1. The van der Waals surface area contributed by atoms with Crippen LogP contribution in [0, 0.1) is 0 Å². The van der Waals surface area contributed by atoms with Gasteiger partial charge in [-0.05, 0) is 36.4 Å². The molecule has 0 spiro atoms. The summed E-state index contributed by atoms with van der Waals surface area (Å²) in [5.41, 5.74) is 1.58. The lowest BCUT2D eigenvalue weighted by Crippen LogP contribution is -1.97. The van der Waals surface area contributed by atoms with Gasteiger partial charge in [0, 0.05) is 5.69 Å². The summed E-state index contributed by atoms with van der Waals surface area (Å²) in [7, 11) is 1.63. The minimum atomic E-state index is 0.554. The van der Waals surface area contributed by atoms with Gasteiger partial charge in [-0.1, -0.05) is 17.7 Å². The van der Waals surface area contributed by atoms with E-state index in [9.17, 15) is 0 Å². The topological polar surface area (TPSA) is 51.5 Å². The van der Waals surface area contributed by atoms with Crippen LogP contribution in [0.25, 0.3) is 5.65 Å². The Kier molecular flexibility index (Phi) is 2.97. The van der Waals surface area contributed by atoms with Crippen LogP contribution in [0.15, 0.2) is 42.5 Å². The zero-order valence-corrected chi connectivity index (χ0v) is 10.9. The van der Waals surface area contributed by atoms with E-state index in [2.05, 4.69) is 15.5 Å². The third-order valence-corrected chi connectivity index (χ3v) is 3.02. The molecule has 0 aliphatic carbocycles. The molecule has 0 unspecified atom stereocenters. The molecule has 1 aromatic carbocycles. The summed E-state index contributed by atoms with van der Waals surface area (Å²) in [5.74, 6) is 1.38. The van der Waals surface area contributed by atoms with Gasteiger partial charge in [-0.2, -0.15) is 0 Å². The molecule has 0 bridgehead atoms. The Morgan fingerprint density at radius 1 is 1.11 bits per heavy atom. The van der Waals surface area contributed by atoms with E-state index < -0.39 is 0 Å². The molecule has 19 heavy (non-hydrogen) atoms. The molecule has 3 aromatic rings. The Bertz CT molecular complexity index is 708. The second kappa shape index (κ2) is 4.78. The number of nitrogens with zero attached hydrogens (tertiary/aromatic N) is 3. The number of benzene rings is 1. The summed E-state index contributed by atoms with van der Waals surface area (Å²) < 4.78 is 6.85. The van der Waals surface area contributed by atoms with Crippen molar-refractivity contribution >= 4 is 28.9 Å². The Balaban J connectivity index is 1.96. The maximum absolute atomic E-state index is 6.14. The van der Waals surface area contributed by atoms with E-state index in [1.165, 1.54) is 0 Å². The molecule has 6 heteroatoms. The van der Waals surface area contributed by atoms with Crippen molar-refractivity contribution in [3.8, 4) is 5.75 Å². The number of hydrogen-bond donors (Lipinski definition) is 1. The second-order valence-electron chi connectivity index (χ2n) is 3.92. The molecule has 1 N–H and O–H groups in total. The second-order valence-corrected chi connectivity index (χ2v) is 4.31. The number of fused-ring (bicyclic) bond motifs is 1. The highest BCUT2D eigenvalue weighted by Crippen LogP contribution is 2.21. The van der Waals surface area contributed by atoms with Crippen LogP contribution in [0.2, 0.25) is 5.15 Å². The number of anilines is 2. The molecular formula is C13H11ClN4O. The van der Waals surface area contributed by atoms with Crippen molar-refractivity contribution in [2.75, 3.05) is 12.4 Å². The molecule has 0 aliphatic heterocycles.